The number of aliphatic hydroxyl groups is 1. The highest BCUT2D eigenvalue weighted by Gasteiger charge is 2.33. The lowest BCUT2D eigenvalue weighted by molar-refractivity contribution is -0.175. The maximum absolute atomic E-state index is 11.9. The number of hydrogen-bond acceptors (Lipinski definition) is 22. The molecule has 5 N–H and O–H groups in total. The summed E-state index contributed by atoms with van der Waals surface area (Å²) in [6.45, 7) is 32.4. The Kier molecular flexibility index (Phi) is 49.1. The first-order chi connectivity index (χ1) is 47.5. The zero-order valence-electron chi connectivity index (χ0n) is 61.6. The van der Waals surface area contributed by atoms with Crippen LogP contribution in [-0.4, -0.2) is 235 Å². The van der Waals surface area contributed by atoms with Crippen LogP contribution < -0.4 is 16.4 Å². The quantitative estimate of drug-likeness (QED) is 0.0167. The smallest absolute Gasteiger partial charge is 0.252 e. The molecule has 1 unspecified atom stereocenters. The third-order valence-corrected chi connectivity index (χ3v) is 19.0. The summed E-state index contributed by atoms with van der Waals surface area (Å²) in [5.41, 5.74) is 6.01. The summed E-state index contributed by atoms with van der Waals surface area (Å²) < 4.78 is 100. The second-order valence-electron chi connectivity index (χ2n) is 26.1. The first kappa shape index (κ1) is 90.9. The van der Waals surface area contributed by atoms with E-state index in [9.17, 15) is 36.3 Å². The van der Waals surface area contributed by atoms with Gasteiger partial charge in [-0.1, -0.05) is 91.0 Å². The Hall–Kier alpha value is -4.23. The number of aldehydes is 2. The number of hydrogen-bond donors (Lipinski definition) is 4. The zero-order valence-corrected chi connectivity index (χ0v) is 63.2. The Bertz CT molecular complexity index is 2560. The molecule has 7 aliphatic heterocycles. The lowest BCUT2D eigenvalue weighted by Crippen LogP contribution is -2.33. The van der Waals surface area contributed by atoms with Crippen LogP contribution in [0.15, 0.2) is 74.4 Å². The average Bonchev–Trinajstić information content (AvgIpc) is 1.84. The maximum Gasteiger partial charge on any atom is 0.252 e. The number of Topliss-reactive ketones (excluding diaryl/α,β-unsaturated/α-hetero) is 1. The molecular formula is C73H127N7O17S2. The lowest BCUT2D eigenvalue weighted by Gasteiger charge is -2.19. The zero-order chi connectivity index (χ0) is 73.4. The summed E-state index contributed by atoms with van der Waals surface area (Å²) in [7, 11) is -3.69. The molecule has 0 aromatic heterocycles. The van der Waals surface area contributed by atoms with Crippen LogP contribution in [-0.2, 0) is 72.3 Å². The van der Waals surface area contributed by atoms with E-state index in [-0.39, 0.29) is 66.6 Å². The average molecular weight is 1440 g/mol. The fourth-order valence-corrected chi connectivity index (χ4v) is 11.8. The highest BCUT2D eigenvalue weighted by Crippen LogP contribution is 2.26. The predicted molar refractivity (Wildman–Crippen MR) is 395 cm³/mol. The largest absolute Gasteiger partial charge is 0.390 e. The topological polar surface area (TPSA) is 322 Å². The van der Waals surface area contributed by atoms with Gasteiger partial charge < -0.3 is 73.7 Å². The van der Waals surface area contributed by atoms with E-state index in [4.69, 9.17) is 48.4 Å². The molecule has 0 spiro atoms. The minimum atomic E-state index is -3.40. The number of rotatable bonds is 33. The summed E-state index contributed by atoms with van der Waals surface area (Å²) in [5.74, 6) is 1.21. The molecule has 24 nitrogen and oxygen atoms in total. The van der Waals surface area contributed by atoms with Crippen LogP contribution >= 0.6 is 0 Å². The molecule has 0 aliphatic carbocycles. The van der Waals surface area contributed by atoms with Crippen LogP contribution in [0.1, 0.15) is 188 Å². The fourth-order valence-electron chi connectivity index (χ4n) is 10.9. The minimum Gasteiger partial charge on any atom is -0.390 e. The molecule has 26 heteroatoms. The van der Waals surface area contributed by atoms with Crippen molar-refractivity contribution in [3.8, 4) is 0 Å². The van der Waals surface area contributed by atoms with Crippen LogP contribution in [0.25, 0.3) is 0 Å². The van der Waals surface area contributed by atoms with E-state index in [1.807, 2.05) is 30.6 Å². The molecule has 0 radical (unpaired) electrons. The van der Waals surface area contributed by atoms with Gasteiger partial charge in [0.1, 0.15) is 30.9 Å². The number of nitrogens with zero attached hydrogens (tertiary/aromatic N) is 4. The van der Waals surface area contributed by atoms with Gasteiger partial charge in [-0.3, -0.25) is 14.8 Å². The number of nitrogens with one attached hydrogen (secondary N) is 2. The van der Waals surface area contributed by atoms with Crippen molar-refractivity contribution >= 4 is 63.3 Å². The van der Waals surface area contributed by atoms with Crippen molar-refractivity contribution < 1.29 is 79.0 Å². The number of ketones is 1. The summed E-state index contributed by atoms with van der Waals surface area (Å²) in [5, 5.41) is 16.9. The van der Waals surface area contributed by atoms with Crippen LogP contribution in [0.2, 0.25) is 0 Å². The van der Waals surface area contributed by atoms with Gasteiger partial charge in [-0.2, -0.15) is 8.80 Å². The second-order valence-corrected chi connectivity index (χ2v) is 30.0. The van der Waals surface area contributed by atoms with E-state index in [1.54, 1.807) is 38.5 Å². The van der Waals surface area contributed by atoms with Crippen molar-refractivity contribution in [3.63, 3.8) is 0 Å². The summed E-state index contributed by atoms with van der Waals surface area (Å²) in [6.07, 6.45) is 27.6. The Labute approximate surface area is 594 Å². The van der Waals surface area contributed by atoms with Gasteiger partial charge in [0.2, 0.25) is 0 Å². The van der Waals surface area contributed by atoms with Crippen LogP contribution in [0, 0.1) is 11.8 Å². The van der Waals surface area contributed by atoms with Crippen molar-refractivity contribution in [2.24, 2.45) is 36.3 Å². The first-order valence-corrected chi connectivity index (χ1v) is 39.4. The van der Waals surface area contributed by atoms with E-state index in [2.05, 4.69) is 91.0 Å². The van der Waals surface area contributed by atoms with Gasteiger partial charge in [0.25, 0.3) is 20.0 Å². The summed E-state index contributed by atoms with van der Waals surface area (Å²) in [4.78, 5) is 41.4. The molecule has 7 aliphatic rings. The molecule has 7 heterocycles. The van der Waals surface area contributed by atoms with Crippen LogP contribution in [0.4, 0.5) is 0 Å². The second kappa shape index (κ2) is 53.5. The standard InChI is InChI=1S/C14H30N2O.C14H16O4.C12H22N2O.C10H18N2O5S2.C8H14O4.C8H12O.C7H15NO/c1-11(2)7-15-9-13-5-6-14(17-13)10-16-8-12(3)4;15-9-11-6-7-14(18-11)13(17)8-12(16)10-4-2-1-3-5-10;1-3-7-13-9-11-5-6-12(15-11)10-14-8-4-2;1-3-18(13,14)11-7-9-5-6-10(17-9)8-12-19(15,16)4-2;1-10-8(11-2)7-4-3-6(5-9)12-7;1-3-7-5-6-8(4-2)9-7;1-2-6-3-4-7(5-8)9-6/h11-16H,5-10H2,1-4H3;1-5,9,11,13-14,17H,6-8H2;9-12H,3-8H2,1-2H3;7-10H,3-6H2,1-2H3;5-8H,3-4H2,1-2H3;3-4,7-8H,1-2,5-6H2;6-7H,2-5,8H2,1H3/t13-,14+;11-,13?,14+;11-,12+;9-,10+;6-,7+;7-,8+;6-,7-/m.0..0.0/s1. The van der Waals surface area contributed by atoms with Gasteiger partial charge in [0.05, 0.1) is 84.8 Å². The monoisotopic (exact) mass is 1440 g/mol. The lowest BCUT2D eigenvalue weighted by atomic mass is 10.0. The minimum absolute atomic E-state index is 0.0280. The van der Waals surface area contributed by atoms with E-state index >= 15 is 0 Å². The number of aliphatic imine (C=N–C) groups is 2. The molecule has 15 atom stereocenters. The Morgan fingerprint density at radius 2 is 0.949 bits per heavy atom. The van der Waals surface area contributed by atoms with E-state index < -0.39 is 50.6 Å². The van der Waals surface area contributed by atoms with Crippen molar-refractivity contribution in [2.75, 3.05) is 71.5 Å². The Balaban J connectivity index is 0.000000399. The van der Waals surface area contributed by atoms with Crippen molar-refractivity contribution in [1.82, 2.24) is 10.6 Å². The molecule has 1 aromatic carbocycles. The maximum atomic E-state index is 11.9. The molecule has 1 aromatic rings. The first-order valence-electron chi connectivity index (χ1n) is 36.2. The van der Waals surface area contributed by atoms with E-state index in [0.717, 1.165) is 128 Å². The number of benzene rings is 1. The molecule has 568 valence electrons. The summed E-state index contributed by atoms with van der Waals surface area (Å²) in [6, 6.07) is 8.85. The molecule has 0 saturated carbocycles. The van der Waals surface area contributed by atoms with Gasteiger partial charge in [-0.15, -0.1) is 13.2 Å². The fraction of sp³-hybridized carbons (Fsp3) is 0.767. The third kappa shape index (κ3) is 41.0. The van der Waals surface area contributed by atoms with E-state index in [0.29, 0.717) is 62.2 Å². The SMILES string of the molecule is C=C[C@@H]1CC[C@H](C=C)O1.CC(C)CNC[C@H]1CC[C@@H](CNCC(C)C)O1.CCCN=C[C@@H]1CC[C@H](C=NCCC)O1.CCS(=O)(=O)N=C[C@@H]1CC[C@H](C=NS(=O)(=O)CC)O1.CC[C@H]1CC[C@@H](CN)O1.COC(OC)[C@H]1CC[C@@H](C=O)O1.O=C[C@@H]1CC[C@H](C(O)CC(=O)c2ccccc2)O1. The van der Waals surface area contributed by atoms with E-state index in [1.165, 1.54) is 45.5 Å². The van der Waals surface area contributed by atoms with Crippen molar-refractivity contribution in [1.29, 1.82) is 0 Å². The number of methoxy groups -OCH3 is 2. The van der Waals surface area contributed by atoms with Gasteiger partial charge in [-0.05, 0) is 148 Å². The van der Waals surface area contributed by atoms with Crippen molar-refractivity contribution in [3.05, 3.63) is 61.2 Å². The summed E-state index contributed by atoms with van der Waals surface area (Å²) >= 11 is 0. The third-order valence-electron chi connectivity index (χ3n) is 16.7. The molecule has 0 bridgehead atoms. The number of carbonyl (C=O) groups excluding carboxylic acids is 3. The Morgan fingerprint density at radius 3 is 1.31 bits per heavy atom. The van der Waals surface area contributed by atoms with Gasteiger partial charge in [-0.25, -0.2) is 16.8 Å². The van der Waals surface area contributed by atoms with Crippen LogP contribution in [0.5, 0.6) is 0 Å². The normalized spacial score (nSPS) is 27.7. The van der Waals surface area contributed by atoms with Crippen molar-refractivity contribution in [2.45, 2.75) is 276 Å². The van der Waals surface area contributed by atoms with Gasteiger partial charge >= 0.3 is 0 Å². The number of sulfonamides is 2. The number of aliphatic hydroxyl groups excluding tert-OH is 1. The Morgan fingerprint density at radius 1 is 0.556 bits per heavy atom. The molecular weight excluding hydrogens is 1310 g/mol. The highest BCUT2D eigenvalue weighted by molar-refractivity contribution is 7.90. The number of ether oxygens (including phenoxy) is 9. The number of carbonyl (C=O) groups is 3. The van der Waals surface area contributed by atoms with Crippen LogP contribution in [0.3, 0.4) is 0 Å². The number of nitrogens with two attached hydrogens (primary N) is 1. The molecule has 7 fully saturated rings. The molecule has 7 saturated heterocycles. The molecule has 0 amide bonds. The highest BCUT2D eigenvalue weighted by atomic mass is 32.2. The molecule has 99 heavy (non-hydrogen) atoms. The predicted octanol–water partition coefficient (Wildman–Crippen LogP) is 9.42. The molecule has 8 rings (SSSR count). The van der Waals surface area contributed by atoms with Gasteiger partial charge in [0, 0.05) is 83.8 Å². The van der Waals surface area contributed by atoms with Gasteiger partial charge in [0.15, 0.2) is 12.1 Å².